The summed E-state index contributed by atoms with van der Waals surface area (Å²) in [5.74, 6) is 0. The van der Waals surface area contributed by atoms with E-state index in [1.807, 2.05) is 0 Å². The van der Waals surface area contributed by atoms with E-state index in [0.29, 0.717) is 0 Å². The summed E-state index contributed by atoms with van der Waals surface area (Å²) in [6.45, 7) is 2.43. The second-order valence-corrected chi connectivity index (χ2v) is 4.54. The van der Waals surface area contributed by atoms with Crippen molar-refractivity contribution in [2.45, 2.75) is 57.0 Å². The van der Waals surface area contributed by atoms with Gasteiger partial charge in [0.1, 0.15) is 0 Å². The van der Waals surface area contributed by atoms with E-state index in [0.717, 1.165) is 12.1 Å². The van der Waals surface area contributed by atoms with Crippen LogP contribution in [-0.4, -0.2) is 25.2 Å². The number of nitrogens with one attached hydrogen (secondary N) is 2. The average Bonchev–Trinajstić information content (AvgIpc) is 2.69. The van der Waals surface area contributed by atoms with Gasteiger partial charge in [0.25, 0.3) is 0 Å². The van der Waals surface area contributed by atoms with Crippen molar-refractivity contribution < 1.29 is 0 Å². The van der Waals surface area contributed by atoms with E-state index in [-0.39, 0.29) is 0 Å². The molecule has 76 valence electrons. The molecule has 1 aliphatic heterocycles. The lowest BCUT2D eigenvalue weighted by Gasteiger charge is -2.24. The molecule has 0 radical (unpaired) electrons. The molecular weight excluding hydrogens is 160 g/mol. The molecule has 1 unspecified atom stereocenters. The van der Waals surface area contributed by atoms with Crippen LogP contribution in [0.2, 0.25) is 0 Å². The minimum atomic E-state index is 0.766. The third-order valence-corrected chi connectivity index (χ3v) is 3.42. The SMILES string of the molecule is C1CCC(NCC2CCCN2)CC1. The van der Waals surface area contributed by atoms with E-state index in [2.05, 4.69) is 10.6 Å². The molecule has 2 N–H and O–H groups in total. The van der Waals surface area contributed by atoms with Crippen molar-refractivity contribution in [3.8, 4) is 0 Å². The molecule has 2 fully saturated rings. The van der Waals surface area contributed by atoms with E-state index in [1.165, 1.54) is 58.0 Å². The normalized spacial score (nSPS) is 30.9. The highest BCUT2D eigenvalue weighted by atomic mass is 15.0. The van der Waals surface area contributed by atoms with Crippen molar-refractivity contribution in [1.82, 2.24) is 10.6 Å². The van der Waals surface area contributed by atoms with E-state index in [1.54, 1.807) is 0 Å². The highest BCUT2D eigenvalue weighted by molar-refractivity contribution is 4.79. The van der Waals surface area contributed by atoms with Gasteiger partial charge in [-0.3, -0.25) is 0 Å². The van der Waals surface area contributed by atoms with Gasteiger partial charge in [0.05, 0.1) is 0 Å². The predicted molar refractivity (Wildman–Crippen MR) is 55.9 cm³/mol. The minimum Gasteiger partial charge on any atom is -0.313 e. The maximum atomic E-state index is 3.70. The number of hydrogen-bond acceptors (Lipinski definition) is 2. The second-order valence-electron chi connectivity index (χ2n) is 4.54. The smallest absolute Gasteiger partial charge is 0.0193 e. The van der Waals surface area contributed by atoms with Crippen molar-refractivity contribution in [2.75, 3.05) is 13.1 Å². The summed E-state index contributed by atoms with van der Waals surface area (Å²) in [5, 5.41) is 7.23. The first kappa shape index (κ1) is 9.47. The molecule has 2 rings (SSSR count). The standard InChI is InChI=1S/C11H22N2/c1-2-5-10(6-3-1)13-9-11-7-4-8-12-11/h10-13H,1-9H2. The summed E-state index contributed by atoms with van der Waals surface area (Å²) in [5.41, 5.74) is 0. The van der Waals surface area contributed by atoms with Crippen molar-refractivity contribution in [3.63, 3.8) is 0 Å². The zero-order valence-corrected chi connectivity index (χ0v) is 8.52. The molecule has 0 amide bonds. The van der Waals surface area contributed by atoms with Crippen LogP contribution in [0.5, 0.6) is 0 Å². The van der Waals surface area contributed by atoms with Gasteiger partial charge < -0.3 is 10.6 Å². The lowest BCUT2D eigenvalue weighted by molar-refractivity contribution is 0.359. The highest BCUT2D eigenvalue weighted by Crippen LogP contribution is 2.17. The van der Waals surface area contributed by atoms with Gasteiger partial charge in [0.2, 0.25) is 0 Å². The molecule has 0 aromatic rings. The Labute approximate surface area is 81.5 Å². The van der Waals surface area contributed by atoms with E-state index < -0.39 is 0 Å². The average molecular weight is 182 g/mol. The molecular formula is C11H22N2. The Bertz CT molecular complexity index is 135. The van der Waals surface area contributed by atoms with Crippen LogP contribution in [0.25, 0.3) is 0 Å². The summed E-state index contributed by atoms with van der Waals surface area (Å²) in [6.07, 6.45) is 9.90. The lowest BCUT2D eigenvalue weighted by Crippen LogP contribution is -2.40. The zero-order valence-electron chi connectivity index (χ0n) is 8.52. The largest absolute Gasteiger partial charge is 0.313 e. The van der Waals surface area contributed by atoms with Crippen LogP contribution in [0.15, 0.2) is 0 Å². The monoisotopic (exact) mass is 182 g/mol. The van der Waals surface area contributed by atoms with Gasteiger partial charge in [-0.1, -0.05) is 19.3 Å². The highest BCUT2D eigenvalue weighted by Gasteiger charge is 2.17. The predicted octanol–water partition coefficient (Wildman–Crippen LogP) is 1.66. The summed E-state index contributed by atoms with van der Waals surface area (Å²) < 4.78 is 0. The molecule has 1 atom stereocenters. The Balaban J connectivity index is 1.60. The van der Waals surface area contributed by atoms with E-state index >= 15 is 0 Å². The zero-order chi connectivity index (χ0) is 8.93. The van der Waals surface area contributed by atoms with Crippen molar-refractivity contribution >= 4 is 0 Å². The van der Waals surface area contributed by atoms with Gasteiger partial charge in [-0.05, 0) is 32.2 Å². The van der Waals surface area contributed by atoms with Crippen LogP contribution in [0, 0.1) is 0 Å². The Morgan fingerprint density at radius 1 is 1.00 bits per heavy atom. The molecule has 1 aliphatic carbocycles. The number of rotatable bonds is 3. The molecule has 0 spiro atoms. The van der Waals surface area contributed by atoms with Gasteiger partial charge in [-0.15, -0.1) is 0 Å². The van der Waals surface area contributed by atoms with Crippen LogP contribution >= 0.6 is 0 Å². The second kappa shape index (κ2) is 4.97. The maximum absolute atomic E-state index is 3.70. The minimum absolute atomic E-state index is 0.766. The maximum Gasteiger partial charge on any atom is 0.0193 e. The van der Waals surface area contributed by atoms with Crippen LogP contribution < -0.4 is 10.6 Å². The molecule has 1 saturated heterocycles. The molecule has 13 heavy (non-hydrogen) atoms. The van der Waals surface area contributed by atoms with Gasteiger partial charge in [0, 0.05) is 18.6 Å². The first-order valence-electron chi connectivity index (χ1n) is 5.92. The van der Waals surface area contributed by atoms with Crippen LogP contribution in [0.4, 0.5) is 0 Å². The molecule has 1 saturated carbocycles. The molecule has 2 heteroatoms. The van der Waals surface area contributed by atoms with Crippen molar-refractivity contribution in [3.05, 3.63) is 0 Å². The topological polar surface area (TPSA) is 24.1 Å². The van der Waals surface area contributed by atoms with Crippen molar-refractivity contribution in [2.24, 2.45) is 0 Å². The molecule has 0 aromatic carbocycles. The first-order chi connectivity index (χ1) is 6.45. The van der Waals surface area contributed by atoms with Crippen LogP contribution in [-0.2, 0) is 0 Å². The van der Waals surface area contributed by atoms with Crippen molar-refractivity contribution in [1.29, 1.82) is 0 Å². The summed E-state index contributed by atoms with van der Waals surface area (Å²) >= 11 is 0. The Hall–Kier alpha value is -0.0800. The fourth-order valence-corrected chi connectivity index (χ4v) is 2.55. The number of hydrogen-bond donors (Lipinski definition) is 2. The molecule has 0 aromatic heterocycles. The molecule has 2 aliphatic rings. The van der Waals surface area contributed by atoms with Gasteiger partial charge >= 0.3 is 0 Å². The molecule has 0 bridgehead atoms. The fourth-order valence-electron chi connectivity index (χ4n) is 2.55. The first-order valence-corrected chi connectivity index (χ1v) is 5.92. The van der Waals surface area contributed by atoms with Gasteiger partial charge in [-0.2, -0.15) is 0 Å². The third kappa shape index (κ3) is 2.96. The Morgan fingerprint density at radius 3 is 2.54 bits per heavy atom. The van der Waals surface area contributed by atoms with Crippen LogP contribution in [0.3, 0.4) is 0 Å². The Morgan fingerprint density at radius 2 is 1.85 bits per heavy atom. The summed E-state index contributed by atoms with van der Waals surface area (Å²) in [7, 11) is 0. The van der Waals surface area contributed by atoms with Crippen LogP contribution in [0.1, 0.15) is 44.9 Å². The van der Waals surface area contributed by atoms with E-state index in [9.17, 15) is 0 Å². The van der Waals surface area contributed by atoms with Gasteiger partial charge in [-0.25, -0.2) is 0 Å². The quantitative estimate of drug-likeness (QED) is 0.693. The van der Waals surface area contributed by atoms with E-state index in [4.69, 9.17) is 0 Å². The lowest BCUT2D eigenvalue weighted by atomic mass is 9.95. The Kier molecular flexibility index (Phi) is 3.62. The third-order valence-electron chi connectivity index (χ3n) is 3.42. The summed E-state index contributed by atoms with van der Waals surface area (Å²) in [4.78, 5) is 0. The van der Waals surface area contributed by atoms with Gasteiger partial charge in [0.15, 0.2) is 0 Å². The summed E-state index contributed by atoms with van der Waals surface area (Å²) in [6, 6.07) is 1.60. The molecule has 2 nitrogen and oxygen atoms in total. The molecule has 1 heterocycles. The fraction of sp³-hybridized carbons (Fsp3) is 1.00.